The Morgan fingerprint density at radius 1 is 1.52 bits per heavy atom. The molecular formula is C14H23N3O3S. The van der Waals surface area contributed by atoms with Gasteiger partial charge in [0.1, 0.15) is 0 Å². The zero-order chi connectivity index (χ0) is 15.8. The Labute approximate surface area is 128 Å². The van der Waals surface area contributed by atoms with Crippen molar-refractivity contribution in [3.63, 3.8) is 0 Å². The standard InChI is InChI=1S/C14H23N3O3S/c1-4-10(13-9(2)14(20)17-8-16-13)5-15-6-11(18)12(19)7-21-3/h4,8,11-12,15,18-19H,5-7H2,1-3H3,(H,16,17,20)/b10-4-. The van der Waals surface area contributed by atoms with E-state index in [1.165, 1.54) is 18.1 Å². The van der Waals surface area contributed by atoms with Gasteiger partial charge in [-0.3, -0.25) is 4.79 Å². The maximum Gasteiger partial charge on any atom is 0.254 e. The van der Waals surface area contributed by atoms with Crippen LogP contribution in [-0.2, 0) is 0 Å². The molecule has 1 aromatic rings. The van der Waals surface area contributed by atoms with Crippen LogP contribution in [0.3, 0.4) is 0 Å². The quantitative estimate of drug-likeness (QED) is 0.546. The molecule has 0 fully saturated rings. The van der Waals surface area contributed by atoms with Gasteiger partial charge in [0.25, 0.3) is 5.56 Å². The van der Waals surface area contributed by atoms with Gasteiger partial charge in [0.05, 0.1) is 24.2 Å². The molecule has 0 bridgehead atoms. The first kappa shape index (κ1) is 17.9. The van der Waals surface area contributed by atoms with Crippen LogP contribution in [-0.4, -0.2) is 57.5 Å². The summed E-state index contributed by atoms with van der Waals surface area (Å²) in [6, 6.07) is 0. The third-order valence-electron chi connectivity index (χ3n) is 3.19. The van der Waals surface area contributed by atoms with Crippen LogP contribution in [0.15, 0.2) is 17.2 Å². The van der Waals surface area contributed by atoms with Gasteiger partial charge in [0.2, 0.25) is 0 Å². The number of hydrogen-bond acceptors (Lipinski definition) is 6. The predicted octanol–water partition coefficient (Wildman–Crippen LogP) is 0.156. The van der Waals surface area contributed by atoms with Gasteiger partial charge in [-0.2, -0.15) is 11.8 Å². The number of rotatable bonds is 8. The first-order chi connectivity index (χ1) is 10.0. The van der Waals surface area contributed by atoms with E-state index in [1.807, 2.05) is 19.3 Å². The van der Waals surface area contributed by atoms with E-state index in [1.54, 1.807) is 6.92 Å². The lowest BCUT2D eigenvalue weighted by Crippen LogP contribution is -2.38. The minimum atomic E-state index is -0.816. The monoisotopic (exact) mass is 313 g/mol. The lowest BCUT2D eigenvalue weighted by Gasteiger charge is -2.18. The maximum atomic E-state index is 11.6. The summed E-state index contributed by atoms with van der Waals surface area (Å²) in [7, 11) is 0. The Bertz CT molecular complexity index is 530. The lowest BCUT2D eigenvalue weighted by molar-refractivity contribution is 0.0356. The van der Waals surface area contributed by atoms with E-state index in [9.17, 15) is 15.0 Å². The number of aromatic nitrogens is 2. The van der Waals surface area contributed by atoms with Crippen molar-refractivity contribution in [2.45, 2.75) is 26.1 Å². The Hall–Kier alpha value is -1.15. The molecule has 0 amide bonds. The van der Waals surface area contributed by atoms with Crippen molar-refractivity contribution in [1.82, 2.24) is 15.3 Å². The number of aromatic amines is 1. The molecule has 0 aliphatic carbocycles. The zero-order valence-corrected chi connectivity index (χ0v) is 13.4. The molecule has 1 heterocycles. The van der Waals surface area contributed by atoms with Crippen molar-refractivity contribution >= 4 is 17.3 Å². The molecule has 0 saturated heterocycles. The van der Waals surface area contributed by atoms with Crippen molar-refractivity contribution in [3.05, 3.63) is 34.0 Å². The topological polar surface area (TPSA) is 98.2 Å². The SMILES string of the molecule is C/C=C(/CNCC(O)C(O)CSC)c1nc[nH]c(=O)c1C. The van der Waals surface area contributed by atoms with E-state index >= 15 is 0 Å². The number of nitrogens with one attached hydrogen (secondary N) is 2. The normalized spacial score (nSPS) is 15.0. The predicted molar refractivity (Wildman–Crippen MR) is 86.5 cm³/mol. The van der Waals surface area contributed by atoms with E-state index in [2.05, 4.69) is 15.3 Å². The number of hydrogen-bond donors (Lipinski definition) is 4. The molecule has 1 aromatic heterocycles. The van der Waals surface area contributed by atoms with E-state index in [0.717, 1.165) is 5.57 Å². The molecule has 118 valence electrons. The van der Waals surface area contributed by atoms with Crippen LogP contribution < -0.4 is 10.9 Å². The summed E-state index contributed by atoms with van der Waals surface area (Å²) in [5, 5.41) is 22.5. The first-order valence-corrected chi connectivity index (χ1v) is 8.16. The van der Waals surface area contributed by atoms with Gasteiger partial charge in [0.15, 0.2) is 0 Å². The van der Waals surface area contributed by atoms with Crippen LogP contribution in [0.1, 0.15) is 18.2 Å². The molecule has 0 aliphatic rings. The van der Waals surface area contributed by atoms with Crippen molar-refractivity contribution in [2.24, 2.45) is 0 Å². The molecule has 6 nitrogen and oxygen atoms in total. The van der Waals surface area contributed by atoms with E-state index < -0.39 is 12.2 Å². The van der Waals surface area contributed by atoms with Gasteiger partial charge < -0.3 is 20.5 Å². The number of thioether (sulfide) groups is 1. The smallest absolute Gasteiger partial charge is 0.254 e. The Morgan fingerprint density at radius 3 is 2.86 bits per heavy atom. The molecule has 0 aromatic carbocycles. The van der Waals surface area contributed by atoms with Crippen LogP contribution in [0.25, 0.3) is 5.57 Å². The molecule has 4 N–H and O–H groups in total. The van der Waals surface area contributed by atoms with Crippen LogP contribution in [0.5, 0.6) is 0 Å². The second-order valence-electron chi connectivity index (χ2n) is 4.74. The summed E-state index contributed by atoms with van der Waals surface area (Å²) in [5.74, 6) is 0.494. The van der Waals surface area contributed by atoms with E-state index in [4.69, 9.17) is 0 Å². The van der Waals surface area contributed by atoms with E-state index in [0.29, 0.717) is 23.6 Å². The largest absolute Gasteiger partial charge is 0.390 e. The third-order valence-corrected chi connectivity index (χ3v) is 3.86. The second kappa shape index (κ2) is 8.99. The zero-order valence-electron chi connectivity index (χ0n) is 12.6. The number of aliphatic hydroxyl groups is 2. The van der Waals surface area contributed by atoms with Gasteiger partial charge in [-0.15, -0.1) is 0 Å². The van der Waals surface area contributed by atoms with Crippen molar-refractivity contribution in [1.29, 1.82) is 0 Å². The summed E-state index contributed by atoms with van der Waals surface area (Å²) in [5.41, 5.74) is 1.93. The highest BCUT2D eigenvalue weighted by Gasteiger charge is 2.15. The van der Waals surface area contributed by atoms with Crippen molar-refractivity contribution in [3.8, 4) is 0 Å². The van der Waals surface area contributed by atoms with Gasteiger partial charge in [-0.1, -0.05) is 6.08 Å². The molecule has 0 saturated carbocycles. The molecular weight excluding hydrogens is 290 g/mol. The lowest BCUT2D eigenvalue weighted by atomic mass is 10.1. The molecule has 2 atom stereocenters. The fraction of sp³-hybridized carbons (Fsp3) is 0.571. The minimum absolute atomic E-state index is 0.158. The Morgan fingerprint density at radius 2 is 2.24 bits per heavy atom. The van der Waals surface area contributed by atoms with Gasteiger partial charge in [-0.25, -0.2) is 4.98 Å². The molecule has 7 heteroatoms. The molecule has 0 aliphatic heterocycles. The average Bonchev–Trinajstić information content (AvgIpc) is 2.47. The molecule has 21 heavy (non-hydrogen) atoms. The minimum Gasteiger partial charge on any atom is -0.390 e. The third kappa shape index (κ3) is 5.28. The van der Waals surface area contributed by atoms with Crippen LogP contribution in [0, 0.1) is 6.92 Å². The fourth-order valence-corrected chi connectivity index (χ4v) is 2.45. The highest BCUT2D eigenvalue weighted by Crippen LogP contribution is 2.12. The second-order valence-corrected chi connectivity index (χ2v) is 5.65. The van der Waals surface area contributed by atoms with Crippen LogP contribution >= 0.6 is 11.8 Å². The van der Waals surface area contributed by atoms with Gasteiger partial charge >= 0.3 is 0 Å². The van der Waals surface area contributed by atoms with Crippen LogP contribution in [0.2, 0.25) is 0 Å². The highest BCUT2D eigenvalue weighted by molar-refractivity contribution is 7.98. The molecule has 0 radical (unpaired) electrons. The summed E-state index contributed by atoms with van der Waals surface area (Å²) in [6.45, 7) is 4.35. The summed E-state index contributed by atoms with van der Waals surface area (Å²) < 4.78 is 0. The summed E-state index contributed by atoms with van der Waals surface area (Å²) in [4.78, 5) is 18.3. The Kier molecular flexibility index (Phi) is 7.66. The summed E-state index contributed by atoms with van der Waals surface area (Å²) in [6.07, 6.45) is 3.57. The molecule has 2 unspecified atom stereocenters. The number of H-pyrrole nitrogens is 1. The molecule has 0 spiro atoms. The van der Waals surface area contributed by atoms with Crippen molar-refractivity contribution < 1.29 is 10.2 Å². The van der Waals surface area contributed by atoms with Gasteiger partial charge in [0, 0.05) is 24.4 Å². The average molecular weight is 313 g/mol. The van der Waals surface area contributed by atoms with Crippen molar-refractivity contribution in [2.75, 3.05) is 25.1 Å². The van der Waals surface area contributed by atoms with E-state index in [-0.39, 0.29) is 12.1 Å². The summed E-state index contributed by atoms with van der Waals surface area (Å²) >= 11 is 1.49. The van der Waals surface area contributed by atoms with Gasteiger partial charge in [-0.05, 0) is 25.7 Å². The number of allylic oxidation sites excluding steroid dienone is 1. The van der Waals surface area contributed by atoms with Crippen LogP contribution in [0.4, 0.5) is 0 Å². The first-order valence-electron chi connectivity index (χ1n) is 6.76. The number of nitrogens with zero attached hydrogens (tertiary/aromatic N) is 1. The Balaban J connectivity index is 2.61. The molecule has 1 rings (SSSR count). The number of aliphatic hydroxyl groups excluding tert-OH is 2. The maximum absolute atomic E-state index is 11.6. The fourth-order valence-electron chi connectivity index (χ4n) is 1.89. The highest BCUT2D eigenvalue weighted by atomic mass is 32.2.